The largest absolute Gasteiger partial charge is 0.506 e. The molecule has 1 aliphatic rings. The second-order valence-corrected chi connectivity index (χ2v) is 6.18. The van der Waals surface area contributed by atoms with E-state index in [1.807, 2.05) is 13.8 Å². The fourth-order valence-electron chi connectivity index (χ4n) is 2.67. The van der Waals surface area contributed by atoms with Gasteiger partial charge in [-0.25, -0.2) is 0 Å². The van der Waals surface area contributed by atoms with Gasteiger partial charge in [-0.2, -0.15) is 0 Å². The third-order valence-electron chi connectivity index (χ3n) is 4.19. The number of aliphatic hydroxyl groups is 1. The lowest BCUT2D eigenvalue weighted by molar-refractivity contribution is -0.111. The SMILES string of the molecule is Cc1cc2c(cc1C)C(O)=C(C(=N)c1ccc(Cl)cc1)C(=O)C2=O. The first-order valence-corrected chi connectivity index (χ1v) is 7.67. The van der Waals surface area contributed by atoms with E-state index in [0.29, 0.717) is 10.6 Å². The van der Waals surface area contributed by atoms with Gasteiger partial charge < -0.3 is 5.11 Å². The van der Waals surface area contributed by atoms with Crippen molar-refractivity contribution < 1.29 is 14.7 Å². The van der Waals surface area contributed by atoms with E-state index in [2.05, 4.69) is 0 Å². The first kappa shape index (κ1) is 16.1. The number of hydrogen-bond donors (Lipinski definition) is 2. The Morgan fingerprint density at radius 1 is 0.958 bits per heavy atom. The summed E-state index contributed by atoms with van der Waals surface area (Å²) in [4.78, 5) is 24.9. The van der Waals surface area contributed by atoms with Crippen molar-refractivity contribution in [3.63, 3.8) is 0 Å². The molecule has 0 bridgehead atoms. The van der Waals surface area contributed by atoms with Crippen LogP contribution in [0.2, 0.25) is 5.02 Å². The molecule has 0 unspecified atom stereocenters. The van der Waals surface area contributed by atoms with Crippen LogP contribution in [0.3, 0.4) is 0 Å². The van der Waals surface area contributed by atoms with Gasteiger partial charge in [0.05, 0.1) is 11.3 Å². The van der Waals surface area contributed by atoms with Gasteiger partial charge in [-0.05, 0) is 49.2 Å². The van der Waals surface area contributed by atoms with Crippen LogP contribution in [-0.2, 0) is 4.79 Å². The number of fused-ring (bicyclic) bond motifs is 1. The standard InChI is InChI=1S/C19H14ClNO3/c1-9-7-13-14(8-10(9)2)18(23)19(24)15(17(13)22)16(21)11-3-5-12(20)6-4-11/h3-8,21-22H,1-2H3. The number of aryl methyl sites for hydroxylation is 2. The second-order valence-electron chi connectivity index (χ2n) is 5.75. The summed E-state index contributed by atoms with van der Waals surface area (Å²) in [5.74, 6) is -1.92. The van der Waals surface area contributed by atoms with Crippen molar-refractivity contribution in [2.75, 3.05) is 0 Å². The average Bonchev–Trinajstić information content (AvgIpc) is 2.55. The predicted octanol–water partition coefficient (Wildman–Crippen LogP) is 4.06. The highest BCUT2D eigenvalue weighted by Gasteiger charge is 2.35. The molecule has 0 amide bonds. The highest BCUT2D eigenvalue weighted by atomic mass is 35.5. The summed E-state index contributed by atoms with van der Waals surface area (Å²) < 4.78 is 0. The first-order chi connectivity index (χ1) is 11.3. The van der Waals surface area contributed by atoms with E-state index in [0.717, 1.165) is 11.1 Å². The molecule has 2 N–H and O–H groups in total. The Bertz CT molecular complexity index is 940. The molecule has 0 aliphatic heterocycles. The number of ketones is 2. The third-order valence-corrected chi connectivity index (χ3v) is 4.44. The van der Waals surface area contributed by atoms with E-state index in [-0.39, 0.29) is 28.2 Å². The van der Waals surface area contributed by atoms with Gasteiger partial charge in [0.15, 0.2) is 0 Å². The van der Waals surface area contributed by atoms with E-state index >= 15 is 0 Å². The monoisotopic (exact) mass is 339 g/mol. The maximum Gasteiger partial charge on any atom is 0.239 e. The van der Waals surface area contributed by atoms with Crippen LogP contribution in [-0.4, -0.2) is 22.4 Å². The summed E-state index contributed by atoms with van der Waals surface area (Å²) in [5, 5.41) is 19.3. The number of carbonyl (C=O) groups excluding carboxylic acids is 2. The van der Waals surface area contributed by atoms with Crippen molar-refractivity contribution in [3.05, 3.63) is 74.8 Å². The van der Waals surface area contributed by atoms with Crippen molar-refractivity contribution in [1.29, 1.82) is 5.41 Å². The molecule has 2 aromatic rings. The van der Waals surface area contributed by atoms with Crippen molar-refractivity contribution in [2.24, 2.45) is 0 Å². The summed E-state index contributed by atoms with van der Waals surface area (Å²) in [6.07, 6.45) is 0. The molecule has 5 heteroatoms. The Hall–Kier alpha value is -2.72. The predicted molar refractivity (Wildman–Crippen MR) is 93.1 cm³/mol. The zero-order chi connectivity index (χ0) is 17.6. The summed E-state index contributed by atoms with van der Waals surface area (Å²) in [7, 11) is 0. The topological polar surface area (TPSA) is 78.2 Å². The molecule has 120 valence electrons. The molecule has 0 aromatic heterocycles. The van der Waals surface area contributed by atoms with Gasteiger partial charge in [-0.3, -0.25) is 15.0 Å². The molecule has 0 heterocycles. The van der Waals surface area contributed by atoms with Crippen LogP contribution in [0.4, 0.5) is 0 Å². The number of Topliss-reactive ketones (excluding diaryl/α,β-unsaturated/α-hetero) is 2. The van der Waals surface area contributed by atoms with Gasteiger partial charge >= 0.3 is 0 Å². The summed E-state index contributed by atoms with van der Waals surface area (Å²) in [6, 6.07) is 9.57. The van der Waals surface area contributed by atoms with E-state index in [4.69, 9.17) is 17.0 Å². The van der Waals surface area contributed by atoms with Crippen molar-refractivity contribution in [1.82, 2.24) is 0 Å². The molecule has 1 aliphatic carbocycles. The van der Waals surface area contributed by atoms with Gasteiger partial charge in [-0.1, -0.05) is 23.7 Å². The van der Waals surface area contributed by atoms with E-state index in [1.165, 1.54) is 0 Å². The number of carbonyl (C=O) groups is 2. The van der Waals surface area contributed by atoms with Gasteiger partial charge in [-0.15, -0.1) is 0 Å². The van der Waals surface area contributed by atoms with Crippen LogP contribution >= 0.6 is 11.6 Å². The van der Waals surface area contributed by atoms with Gasteiger partial charge in [0, 0.05) is 21.7 Å². The van der Waals surface area contributed by atoms with Gasteiger partial charge in [0.2, 0.25) is 11.6 Å². The minimum absolute atomic E-state index is 0.174. The van der Waals surface area contributed by atoms with Crippen LogP contribution in [0, 0.1) is 19.3 Å². The molecule has 0 saturated heterocycles. The minimum Gasteiger partial charge on any atom is -0.506 e. The molecule has 2 aromatic carbocycles. The molecule has 24 heavy (non-hydrogen) atoms. The average molecular weight is 340 g/mol. The maximum absolute atomic E-state index is 12.4. The molecule has 3 rings (SSSR count). The summed E-state index contributed by atoms with van der Waals surface area (Å²) in [6.45, 7) is 3.69. The van der Waals surface area contributed by atoms with E-state index < -0.39 is 11.6 Å². The Morgan fingerprint density at radius 3 is 2.08 bits per heavy atom. The Labute approximate surface area is 143 Å². The third kappa shape index (κ3) is 2.45. The number of benzene rings is 2. The van der Waals surface area contributed by atoms with Crippen LogP contribution in [0.1, 0.15) is 32.6 Å². The lowest BCUT2D eigenvalue weighted by Gasteiger charge is -2.20. The number of halogens is 1. The quantitative estimate of drug-likeness (QED) is 0.639. The smallest absolute Gasteiger partial charge is 0.239 e. The first-order valence-electron chi connectivity index (χ1n) is 7.30. The number of aliphatic hydroxyl groups excluding tert-OH is 1. The molecule has 0 spiro atoms. The molecular weight excluding hydrogens is 326 g/mol. The van der Waals surface area contributed by atoms with Crippen LogP contribution < -0.4 is 0 Å². The fraction of sp³-hybridized carbons (Fsp3) is 0.105. The maximum atomic E-state index is 12.4. The number of nitrogens with one attached hydrogen (secondary N) is 1. The Balaban J connectivity index is 2.20. The van der Waals surface area contributed by atoms with E-state index in [9.17, 15) is 14.7 Å². The van der Waals surface area contributed by atoms with Crippen molar-refractivity contribution in [3.8, 4) is 0 Å². The molecule has 0 radical (unpaired) electrons. The van der Waals surface area contributed by atoms with Crippen molar-refractivity contribution >= 4 is 34.6 Å². The molecule has 0 saturated carbocycles. The zero-order valence-electron chi connectivity index (χ0n) is 13.1. The second kappa shape index (κ2) is 5.73. The Morgan fingerprint density at radius 2 is 1.50 bits per heavy atom. The summed E-state index contributed by atoms with van der Waals surface area (Å²) in [5.41, 5.74) is 2.13. The van der Waals surface area contributed by atoms with Gasteiger partial charge in [0.1, 0.15) is 5.76 Å². The molecular formula is C19H14ClNO3. The highest BCUT2D eigenvalue weighted by molar-refractivity contribution is 6.58. The van der Waals surface area contributed by atoms with Crippen molar-refractivity contribution in [2.45, 2.75) is 13.8 Å². The minimum atomic E-state index is -0.872. The normalized spacial score (nSPS) is 14.0. The fourth-order valence-corrected chi connectivity index (χ4v) is 2.80. The van der Waals surface area contributed by atoms with Crippen LogP contribution in [0.15, 0.2) is 42.0 Å². The summed E-state index contributed by atoms with van der Waals surface area (Å²) >= 11 is 5.83. The van der Waals surface area contributed by atoms with Crippen LogP contribution in [0.5, 0.6) is 0 Å². The number of rotatable bonds is 2. The Kier molecular flexibility index (Phi) is 3.85. The molecule has 4 nitrogen and oxygen atoms in total. The highest BCUT2D eigenvalue weighted by Crippen LogP contribution is 2.31. The number of allylic oxidation sites excluding steroid dienone is 1. The number of hydrogen-bond acceptors (Lipinski definition) is 4. The lowest BCUT2D eigenvalue weighted by atomic mass is 9.83. The van der Waals surface area contributed by atoms with Crippen LogP contribution in [0.25, 0.3) is 5.76 Å². The molecule has 0 atom stereocenters. The lowest BCUT2D eigenvalue weighted by Crippen LogP contribution is -2.28. The van der Waals surface area contributed by atoms with Gasteiger partial charge in [0.25, 0.3) is 0 Å². The zero-order valence-corrected chi connectivity index (χ0v) is 13.9. The van der Waals surface area contributed by atoms with E-state index in [1.54, 1.807) is 36.4 Å². The molecule has 0 fully saturated rings.